The average molecular weight is 274 g/mol. The van der Waals surface area contributed by atoms with Gasteiger partial charge in [-0.15, -0.1) is 0 Å². The maximum atomic E-state index is 13.5. The van der Waals surface area contributed by atoms with E-state index in [1.54, 1.807) is 6.92 Å². The highest BCUT2D eigenvalue weighted by Gasteiger charge is 2.14. The molecule has 0 saturated carbocycles. The molecule has 0 radical (unpaired) electrons. The first-order valence-electron chi connectivity index (χ1n) is 5.35. The van der Waals surface area contributed by atoms with Gasteiger partial charge < -0.3 is 10.4 Å². The van der Waals surface area contributed by atoms with Crippen LogP contribution in [-0.4, -0.2) is 17.0 Å². The van der Waals surface area contributed by atoms with Gasteiger partial charge >= 0.3 is 5.97 Å². The number of carbonyl (C=O) groups excluding carboxylic acids is 1. The Morgan fingerprint density at radius 3 is 2.72 bits per heavy atom. The first-order valence-corrected chi connectivity index (χ1v) is 5.73. The highest BCUT2D eigenvalue weighted by molar-refractivity contribution is 6.31. The fourth-order valence-electron chi connectivity index (χ4n) is 1.49. The number of amides is 1. The van der Waals surface area contributed by atoms with E-state index in [0.29, 0.717) is 0 Å². The number of hydrogen-bond acceptors (Lipinski definition) is 2. The molecule has 0 spiro atoms. The minimum atomic E-state index is -0.968. The van der Waals surface area contributed by atoms with Gasteiger partial charge in [0.1, 0.15) is 0 Å². The Morgan fingerprint density at radius 2 is 2.11 bits per heavy atom. The van der Waals surface area contributed by atoms with Crippen molar-refractivity contribution in [3.8, 4) is 0 Å². The van der Waals surface area contributed by atoms with Gasteiger partial charge in [0, 0.05) is 12.8 Å². The second-order valence-electron chi connectivity index (χ2n) is 4.06. The summed E-state index contributed by atoms with van der Waals surface area (Å²) >= 11 is 5.57. The molecule has 18 heavy (non-hydrogen) atoms. The van der Waals surface area contributed by atoms with Crippen LogP contribution in [0.2, 0.25) is 5.02 Å². The number of rotatable bonds is 5. The van der Waals surface area contributed by atoms with Crippen LogP contribution in [0.1, 0.15) is 19.8 Å². The number of nitrogens with one attached hydrogen (secondary N) is 1. The zero-order valence-electron chi connectivity index (χ0n) is 9.74. The lowest BCUT2D eigenvalue weighted by molar-refractivity contribution is -0.138. The van der Waals surface area contributed by atoms with E-state index in [1.165, 1.54) is 18.2 Å². The standard InChI is InChI=1S/C12H13ClFNO3/c1-7(6-11(17)18)5-10(16)15-9-4-2-3-8(13)12(9)14/h2-4,7H,5-6H2,1H3,(H,15,16)(H,17,18). The molecule has 0 fully saturated rings. The van der Waals surface area contributed by atoms with Crippen molar-refractivity contribution in [2.45, 2.75) is 19.8 Å². The van der Waals surface area contributed by atoms with Crippen molar-refractivity contribution in [3.63, 3.8) is 0 Å². The molecule has 0 aliphatic rings. The lowest BCUT2D eigenvalue weighted by atomic mass is 10.0. The fourth-order valence-corrected chi connectivity index (χ4v) is 1.66. The molecular formula is C12H13ClFNO3. The van der Waals surface area contributed by atoms with E-state index in [0.717, 1.165) is 0 Å². The predicted octanol–water partition coefficient (Wildman–Crippen LogP) is 2.92. The molecule has 6 heteroatoms. The van der Waals surface area contributed by atoms with Crippen LogP contribution in [-0.2, 0) is 9.59 Å². The molecule has 1 unspecified atom stereocenters. The third kappa shape index (κ3) is 4.33. The van der Waals surface area contributed by atoms with Gasteiger partial charge in [-0.3, -0.25) is 9.59 Å². The monoisotopic (exact) mass is 273 g/mol. The summed E-state index contributed by atoms with van der Waals surface area (Å²) in [5, 5.41) is 10.8. The number of benzene rings is 1. The van der Waals surface area contributed by atoms with Crippen molar-refractivity contribution in [2.24, 2.45) is 5.92 Å². The van der Waals surface area contributed by atoms with Crippen molar-refractivity contribution >= 4 is 29.2 Å². The van der Waals surface area contributed by atoms with Gasteiger partial charge in [0.15, 0.2) is 5.82 Å². The lowest BCUT2D eigenvalue weighted by Crippen LogP contribution is -2.17. The highest BCUT2D eigenvalue weighted by atomic mass is 35.5. The third-order valence-electron chi connectivity index (χ3n) is 2.28. The van der Waals surface area contributed by atoms with E-state index in [9.17, 15) is 14.0 Å². The predicted molar refractivity (Wildman–Crippen MR) is 66.1 cm³/mol. The topological polar surface area (TPSA) is 66.4 Å². The summed E-state index contributed by atoms with van der Waals surface area (Å²) in [5.41, 5.74) is -0.00461. The summed E-state index contributed by atoms with van der Waals surface area (Å²) < 4.78 is 13.5. The first-order chi connectivity index (χ1) is 8.40. The summed E-state index contributed by atoms with van der Waals surface area (Å²) in [5.74, 6) is -2.42. The molecule has 0 heterocycles. The van der Waals surface area contributed by atoms with Crippen molar-refractivity contribution in [3.05, 3.63) is 29.0 Å². The molecule has 1 aromatic carbocycles. The molecule has 1 rings (SSSR count). The second kappa shape index (κ2) is 6.35. The smallest absolute Gasteiger partial charge is 0.303 e. The van der Waals surface area contributed by atoms with Crippen LogP contribution >= 0.6 is 11.6 Å². The van der Waals surface area contributed by atoms with Gasteiger partial charge in [-0.2, -0.15) is 0 Å². The average Bonchev–Trinajstić information content (AvgIpc) is 2.23. The van der Waals surface area contributed by atoms with E-state index in [2.05, 4.69) is 5.32 Å². The van der Waals surface area contributed by atoms with Crippen LogP contribution in [0, 0.1) is 11.7 Å². The van der Waals surface area contributed by atoms with E-state index < -0.39 is 17.7 Å². The normalized spacial score (nSPS) is 11.9. The van der Waals surface area contributed by atoms with Crippen molar-refractivity contribution in [1.29, 1.82) is 0 Å². The number of carbonyl (C=O) groups is 2. The van der Waals surface area contributed by atoms with Crippen LogP contribution in [0.15, 0.2) is 18.2 Å². The SMILES string of the molecule is CC(CC(=O)O)CC(=O)Nc1cccc(Cl)c1F. The van der Waals surface area contributed by atoms with Gasteiger partial charge in [-0.05, 0) is 18.1 Å². The molecule has 4 nitrogen and oxygen atoms in total. The molecule has 0 bridgehead atoms. The number of halogens is 2. The van der Waals surface area contributed by atoms with Crippen molar-refractivity contribution in [1.82, 2.24) is 0 Å². The third-order valence-corrected chi connectivity index (χ3v) is 2.57. The first kappa shape index (κ1) is 14.4. The van der Waals surface area contributed by atoms with Gasteiger partial charge in [0.2, 0.25) is 5.91 Å². The fraction of sp³-hybridized carbons (Fsp3) is 0.333. The summed E-state index contributed by atoms with van der Waals surface area (Å²) in [6.07, 6.45) is -0.0936. The van der Waals surface area contributed by atoms with Crippen LogP contribution in [0.5, 0.6) is 0 Å². The number of aliphatic carboxylic acids is 1. The molecule has 98 valence electrons. The van der Waals surface area contributed by atoms with Crippen molar-refractivity contribution < 1.29 is 19.1 Å². The number of anilines is 1. The van der Waals surface area contributed by atoms with Gasteiger partial charge in [-0.25, -0.2) is 4.39 Å². The lowest BCUT2D eigenvalue weighted by Gasteiger charge is -2.10. The van der Waals surface area contributed by atoms with Crippen molar-refractivity contribution in [2.75, 3.05) is 5.32 Å². The Balaban J connectivity index is 2.59. The Bertz CT molecular complexity index is 465. The zero-order valence-corrected chi connectivity index (χ0v) is 10.5. The molecule has 1 aromatic rings. The Labute approximate surface area is 109 Å². The number of hydrogen-bond donors (Lipinski definition) is 2. The minimum absolute atomic E-state index is 0.00461. The summed E-state index contributed by atoms with van der Waals surface area (Å²) in [7, 11) is 0. The Morgan fingerprint density at radius 1 is 1.44 bits per heavy atom. The van der Waals surface area contributed by atoms with Crippen LogP contribution in [0.4, 0.5) is 10.1 Å². The maximum Gasteiger partial charge on any atom is 0.303 e. The summed E-state index contributed by atoms with van der Waals surface area (Å²) in [6, 6.07) is 4.28. The van der Waals surface area contributed by atoms with E-state index in [-0.39, 0.29) is 29.5 Å². The van der Waals surface area contributed by atoms with Crippen LogP contribution in [0.25, 0.3) is 0 Å². The molecule has 0 aliphatic heterocycles. The largest absolute Gasteiger partial charge is 0.481 e. The molecule has 2 N–H and O–H groups in total. The molecule has 1 amide bonds. The van der Waals surface area contributed by atoms with Gasteiger partial charge in [-0.1, -0.05) is 24.6 Å². The Hall–Kier alpha value is -1.62. The molecule has 0 aromatic heterocycles. The van der Waals surface area contributed by atoms with Gasteiger partial charge in [0.25, 0.3) is 0 Å². The quantitative estimate of drug-likeness (QED) is 0.867. The minimum Gasteiger partial charge on any atom is -0.481 e. The molecule has 0 aliphatic carbocycles. The zero-order chi connectivity index (χ0) is 13.7. The van der Waals surface area contributed by atoms with E-state index in [1.807, 2.05) is 0 Å². The van der Waals surface area contributed by atoms with Crippen LogP contribution in [0.3, 0.4) is 0 Å². The van der Waals surface area contributed by atoms with E-state index in [4.69, 9.17) is 16.7 Å². The summed E-state index contributed by atoms with van der Waals surface area (Å²) in [4.78, 5) is 22.0. The highest BCUT2D eigenvalue weighted by Crippen LogP contribution is 2.22. The van der Waals surface area contributed by atoms with E-state index >= 15 is 0 Å². The number of carboxylic acids is 1. The van der Waals surface area contributed by atoms with Gasteiger partial charge in [0.05, 0.1) is 10.7 Å². The second-order valence-corrected chi connectivity index (χ2v) is 4.46. The number of carboxylic acid groups (broad SMARTS) is 1. The molecule has 0 saturated heterocycles. The summed E-state index contributed by atoms with van der Waals surface area (Å²) in [6.45, 7) is 1.64. The molecular weight excluding hydrogens is 261 g/mol. The Kier molecular flexibility index (Phi) is 5.09. The van der Waals surface area contributed by atoms with Crippen LogP contribution < -0.4 is 5.32 Å². The molecule has 1 atom stereocenters. The maximum absolute atomic E-state index is 13.5.